The number of thiophene rings is 1. The summed E-state index contributed by atoms with van der Waals surface area (Å²) in [4.78, 5) is 13.9. The van der Waals surface area contributed by atoms with Gasteiger partial charge in [-0.25, -0.2) is 0 Å². The number of hydrogen-bond acceptors (Lipinski definition) is 4. The molecular weight excluding hydrogens is 308 g/mol. The number of anilines is 1. The Morgan fingerprint density at radius 3 is 2.83 bits per heavy atom. The number of hydrogen-bond donors (Lipinski definition) is 1. The number of aromatic nitrogens is 2. The molecule has 0 aliphatic heterocycles. The maximum Gasteiger partial charge on any atom is 0.260 e. The van der Waals surface area contributed by atoms with E-state index in [9.17, 15) is 10.1 Å². The van der Waals surface area contributed by atoms with Gasteiger partial charge in [0.25, 0.3) is 5.91 Å². The SMILES string of the molecule is Cc1nn(C)c(C)c1C(=O)Nc1sc2c(c1C#N)CC[C@@H](C)C2. The van der Waals surface area contributed by atoms with E-state index in [0.29, 0.717) is 27.7 Å². The van der Waals surface area contributed by atoms with Gasteiger partial charge in [-0.05, 0) is 44.6 Å². The van der Waals surface area contributed by atoms with Crippen LogP contribution in [0.3, 0.4) is 0 Å². The fourth-order valence-corrected chi connectivity index (χ4v) is 4.58. The van der Waals surface area contributed by atoms with E-state index in [1.165, 1.54) is 4.88 Å². The molecule has 1 atom stereocenters. The van der Waals surface area contributed by atoms with Crippen LogP contribution in [0.25, 0.3) is 0 Å². The number of aryl methyl sites for hydroxylation is 2. The molecule has 0 saturated heterocycles. The molecule has 3 rings (SSSR count). The van der Waals surface area contributed by atoms with Crippen LogP contribution < -0.4 is 5.32 Å². The van der Waals surface area contributed by atoms with E-state index in [1.54, 1.807) is 16.0 Å². The number of nitrogens with one attached hydrogen (secondary N) is 1. The number of fused-ring (bicyclic) bond motifs is 1. The standard InChI is InChI=1S/C17H20N4OS/c1-9-5-6-12-13(8-18)17(23-14(12)7-9)19-16(22)15-10(2)20-21(4)11(15)3/h9H,5-7H2,1-4H3,(H,19,22)/t9-/m1/s1. The van der Waals surface area contributed by atoms with Crippen LogP contribution in [-0.2, 0) is 19.9 Å². The molecule has 0 unspecified atom stereocenters. The fourth-order valence-electron chi connectivity index (χ4n) is 3.22. The Balaban J connectivity index is 1.94. The molecule has 0 spiro atoms. The molecule has 0 fully saturated rings. The number of carbonyl (C=O) groups is 1. The second kappa shape index (κ2) is 5.82. The molecule has 1 aliphatic rings. The van der Waals surface area contributed by atoms with Crippen molar-refractivity contribution in [1.29, 1.82) is 5.26 Å². The van der Waals surface area contributed by atoms with Crippen LogP contribution in [0, 0.1) is 31.1 Å². The highest BCUT2D eigenvalue weighted by molar-refractivity contribution is 7.16. The van der Waals surface area contributed by atoms with Gasteiger partial charge in [-0.3, -0.25) is 9.48 Å². The second-order valence-corrected chi connectivity index (χ2v) is 7.40. The van der Waals surface area contributed by atoms with Crippen molar-refractivity contribution in [3.63, 3.8) is 0 Å². The van der Waals surface area contributed by atoms with Crippen molar-refractivity contribution in [2.24, 2.45) is 13.0 Å². The largest absolute Gasteiger partial charge is 0.312 e. The van der Waals surface area contributed by atoms with E-state index >= 15 is 0 Å². The van der Waals surface area contributed by atoms with Crippen LogP contribution >= 0.6 is 11.3 Å². The van der Waals surface area contributed by atoms with Crippen molar-refractivity contribution in [1.82, 2.24) is 9.78 Å². The highest BCUT2D eigenvalue weighted by Crippen LogP contribution is 2.39. The van der Waals surface area contributed by atoms with Gasteiger partial charge in [-0.2, -0.15) is 10.4 Å². The zero-order valence-corrected chi connectivity index (χ0v) is 14.7. The zero-order valence-electron chi connectivity index (χ0n) is 13.9. The summed E-state index contributed by atoms with van der Waals surface area (Å²) < 4.78 is 1.70. The van der Waals surface area contributed by atoms with Crippen molar-refractivity contribution in [2.45, 2.75) is 40.0 Å². The fraction of sp³-hybridized carbons (Fsp3) is 0.471. The molecule has 1 N–H and O–H groups in total. The zero-order chi connectivity index (χ0) is 16.7. The van der Waals surface area contributed by atoms with Crippen LogP contribution in [-0.4, -0.2) is 15.7 Å². The Labute approximate surface area is 139 Å². The Morgan fingerprint density at radius 1 is 1.48 bits per heavy atom. The predicted molar refractivity (Wildman–Crippen MR) is 90.9 cm³/mol. The van der Waals surface area contributed by atoms with Crippen LogP contribution in [0.2, 0.25) is 0 Å². The van der Waals surface area contributed by atoms with Gasteiger partial charge >= 0.3 is 0 Å². The van der Waals surface area contributed by atoms with Gasteiger partial charge in [0.05, 0.1) is 16.8 Å². The topological polar surface area (TPSA) is 70.7 Å². The molecule has 23 heavy (non-hydrogen) atoms. The Hall–Kier alpha value is -2.13. The third-order valence-corrected chi connectivity index (χ3v) is 5.76. The molecule has 120 valence electrons. The van der Waals surface area contributed by atoms with E-state index in [1.807, 2.05) is 20.9 Å². The lowest BCUT2D eigenvalue weighted by Gasteiger charge is -2.17. The van der Waals surface area contributed by atoms with Crippen LogP contribution in [0.1, 0.15) is 51.1 Å². The summed E-state index contributed by atoms with van der Waals surface area (Å²) in [5, 5.41) is 17.4. The van der Waals surface area contributed by atoms with Crippen LogP contribution in [0.15, 0.2) is 0 Å². The summed E-state index contributed by atoms with van der Waals surface area (Å²) in [5.74, 6) is 0.454. The van der Waals surface area contributed by atoms with Gasteiger partial charge in [0.15, 0.2) is 0 Å². The summed E-state index contributed by atoms with van der Waals surface area (Å²) in [6.07, 6.45) is 3.03. The van der Waals surface area contributed by atoms with E-state index in [0.717, 1.165) is 30.5 Å². The average molecular weight is 328 g/mol. The summed E-state index contributed by atoms with van der Waals surface area (Å²) in [6, 6.07) is 2.28. The van der Waals surface area contributed by atoms with Gasteiger partial charge in [0.2, 0.25) is 0 Å². The minimum Gasteiger partial charge on any atom is -0.312 e. The third-order valence-electron chi connectivity index (χ3n) is 4.59. The number of rotatable bonds is 2. The molecule has 6 heteroatoms. The molecule has 2 heterocycles. The molecule has 0 saturated carbocycles. The van der Waals surface area contributed by atoms with E-state index in [4.69, 9.17) is 0 Å². The number of amides is 1. The Kier molecular flexibility index (Phi) is 3.99. The summed E-state index contributed by atoms with van der Waals surface area (Å²) in [7, 11) is 1.82. The molecule has 0 bridgehead atoms. The van der Waals surface area contributed by atoms with Crippen molar-refractivity contribution < 1.29 is 4.79 Å². The molecule has 1 amide bonds. The first kappa shape index (κ1) is 15.8. The number of carbonyl (C=O) groups excluding carboxylic acids is 1. The first-order valence-corrected chi connectivity index (χ1v) is 8.60. The predicted octanol–water partition coefficient (Wildman–Crippen LogP) is 3.35. The monoisotopic (exact) mass is 328 g/mol. The third kappa shape index (κ3) is 2.66. The molecule has 5 nitrogen and oxygen atoms in total. The normalized spacial score (nSPS) is 16.7. The Morgan fingerprint density at radius 2 is 2.22 bits per heavy atom. The summed E-state index contributed by atoms with van der Waals surface area (Å²) in [6.45, 7) is 5.94. The van der Waals surface area contributed by atoms with Gasteiger partial charge in [0, 0.05) is 17.6 Å². The average Bonchev–Trinajstić information content (AvgIpc) is 2.95. The van der Waals surface area contributed by atoms with E-state index < -0.39 is 0 Å². The maximum absolute atomic E-state index is 12.6. The minimum absolute atomic E-state index is 0.184. The summed E-state index contributed by atoms with van der Waals surface area (Å²) in [5.41, 5.74) is 3.90. The van der Waals surface area contributed by atoms with Crippen molar-refractivity contribution in [3.05, 3.63) is 33.0 Å². The van der Waals surface area contributed by atoms with Gasteiger partial charge < -0.3 is 5.32 Å². The highest BCUT2D eigenvalue weighted by atomic mass is 32.1. The molecule has 2 aromatic rings. The van der Waals surface area contributed by atoms with Crippen molar-refractivity contribution in [3.8, 4) is 6.07 Å². The first-order chi connectivity index (χ1) is 10.9. The lowest BCUT2D eigenvalue weighted by atomic mass is 9.88. The van der Waals surface area contributed by atoms with Crippen molar-refractivity contribution in [2.75, 3.05) is 5.32 Å². The lowest BCUT2D eigenvalue weighted by Crippen LogP contribution is -2.14. The number of nitrogens with zero attached hydrogens (tertiary/aromatic N) is 3. The number of nitriles is 1. The first-order valence-electron chi connectivity index (χ1n) is 7.78. The smallest absolute Gasteiger partial charge is 0.260 e. The van der Waals surface area contributed by atoms with Crippen molar-refractivity contribution >= 4 is 22.2 Å². The van der Waals surface area contributed by atoms with E-state index in [2.05, 4.69) is 23.4 Å². The minimum atomic E-state index is -0.184. The molecule has 0 aromatic carbocycles. The van der Waals surface area contributed by atoms with Gasteiger partial charge in [0.1, 0.15) is 11.1 Å². The second-order valence-electron chi connectivity index (χ2n) is 6.29. The quantitative estimate of drug-likeness (QED) is 0.919. The Bertz CT molecular complexity index is 825. The summed E-state index contributed by atoms with van der Waals surface area (Å²) >= 11 is 1.55. The lowest BCUT2D eigenvalue weighted by molar-refractivity contribution is 0.102. The molecular formula is C17H20N4OS. The molecule has 1 aliphatic carbocycles. The van der Waals surface area contributed by atoms with Gasteiger partial charge in [-0.15, -0.1) is 11.3 Å². The van der Waals surface area contributed by atoms with Gasteiger partial charge in [-0.1, -0.05) is 6.92 Å². The van der Waals surface area contributed by atoms with E-state index in [-0.39, 0.29) is 5.91 Å². The highest BCUT2D eigenvalue weighted by Gasteiger charge is 2.26. The van der Waals surface area contributed by atoms with Crippen LogP contribution in [0.4, 0.5) is 5.00 Å². The maximum atomic E-state index is 12.6. The molecule has 2 aromatic heterocycles. The van der Waals surface area contributed by atoms with Crippen LogP contribution in [0.5, 0.6) is 0 Å². The molecule has 0 radical (unpaired) electrons.